The first-order valence-corrected chi connectivity index (χ1v) is 6.23. The number of hydrogen-bond acceptors (Lipinski definition) is 4. The molecule has 0 radical (unpaired) electrons. The van der Waals surface area contributed by atoms with Crippen molar-refractivity contribution in [3.05, 3.63) is 36.0 Å². The minimum atomic E-state index is -0.658. The first kappa shape index (κ1) is 13.9. The zero-order chi connectivity index (χ0) is 14.7. The van der Waals surface area contributed by atoms with Gasteiger partial charge in [-0.3, -0.25) is 9.48 Å². The molecule has 0 unspecified atom stereocenters. The molecular formula is C14H17N3O3. The van der Waals surface area contributed by atoms with Crippen molar-refractivity contribution in [3.63, 3.8) is 0 Å². The van der Waals surface area contributed by atoms with E-state index in [4.69, 9.17) is 4.74 Å². The smallest absolute Gasteiger partial charge is 0.266 e. The number of nitrogens with one attached hydrogen (secondary N) is 1. The lowest BCUT2D eigenvalue weighted by atomic mass is 10.3. The van der Waals surface area contributed by atoms with Crippen molar-refractivity contribution in [2.24, 2.45) is 7.05 Å². The molecule has 2 rings (SSSR count). The van der Waals surface area contributed by atoms with Crippen LogP contribution in [0.5, 0.6) is 11.5 Å². The fourth-order valence-electron chi connectivity index (χ4n) is 1.74. The predicted octanol–water partition coefficient (Wildman–Crippen LogP) is 1.84. The van der Waals surface area contributed by atoms with Gasteiger partial charge in [-0.05, 0) is 38.1 Å². The molecule has 1 atom stereocenters. The summed E-state index contributed by atoms with van der Waals surface area (Å²) in [6, 6.07) is 8.00. The molecule has 6 nitrogen and oxygen atoms in total. The molecule has 0 saturated heterocycles. The van der Waals surface area contributed by atoms with E-state index in [1.54, 1.807) is 36.9 Å². The van der Waals surface area contributed by atoms with Crippen LogP contribution in [-0.4, -0.2) is 26.9 Å². The van der Waals surface area contributed by atoms with Crippen LogP contribution >= 0.6 is 0 Å². The monoisotopic (exact) mass is 275 g/mol. The van der Waals surface area contributed by atoms with Gasteiger partial charge in [-0.25, -0.2) is 0 Å². The largest absolute Gasteiger partial charge is 0.508 e. The van der Waals surface area contributed by atoms with Crippen LogP contribution in [0.3, 0.4) is 0 Å². The Kier molecular flexibility index (Phi) is 3.93. The quantitative estimate of drug-likeness (QED) is 0.892. The average Bonchev–Trinajstić information content (AvgIpc) is 2.70. The Balaban J connectivity index is 1.98. The Bertz CT molecular complexity index is 605. The molecule has 1 aromatic carbocycles. The van der Waals surface area contributed by atoms with Crippen molar-refractivity contribution in [3.8, 4) is 11.5 Å². The molecule has 0 fully saturated rings. The van der Waals surface area contributed by atoms with Gasteiger partial charge in [0.25, 0.3) is 5.91 Å². The molecule has 2 aromatic rings. The number of nitrogens with zero attached hydrogens (tertiary/aromatic N) is 2. The van der Waals surface area contributed by atoms with E-state index < -0.39 is 6.10 Å². The highest BCUT2D eigenvalue weighted by molar-refractivity contribution is 5.93. The van der Waals surface area contributed by atoms with Crippen LogP contribution in [0.1, 0.15) is 12.6 Å². The number of hydrogen-bond donors (Lipinski definition) is 2. The van der Waals surface area contributed by atoms with Crippen molar-refractivity contribution in [2.45, 2.75) is 20.0 Å². The van der Waals surface area contributed by atoms with Crippen LogP contribution in [0.2, 0.25) is 0 Å². The van der Waals surface area contributed by atoms with Crippen molar-refractivity contribution in [1.82, 2.24) is 9.78 Å². The summed E-state index contributed by atoms with van der Waals surface area (Å²) >= 11 is 0. The zero-order valence-electron chi connectivity index (χ0n) is 11.6. The van der Waals surface area contributed by atoms with Gasteiger partial charge in [0.1, 0.15) is 17.3 Å². The maximum absolute atomic E-state index is 12.0. The molecule has 6 heteroatoms. The summed E-state index contributed by atoms with van der Waals surface area (Å²) < 4.78 is 7.09. The second-order valence-corrected chi connectivity index (χ2v) is 4.54. The third kappa shape index (κ3) is 3.28. The van der Waals surface area contributed by atoms with Crippen LogP contribution in [-0.2, 0) is 11.8 Å². The van der Waals surface area contributed by atoms with Crippen LogP contribution in [0.4, 0.5) is 5.82 Å². The fraction of sp³-hybridized carbons (Fsp3) is 0.286. The van der Waals surface area contributed by atoms with Gasteiger partial charge in [0.15, 0.2) is 6.10 Å². The molecule has 0 bridgehead atoms. The molecule has 1 heterocycles. The number of ether oxygens (including phenoxy) is 1. The Hall–Kier alpha value is -2.50. The van der Waals surface area contributed by atoms with Gasteiger partial charge in [-0.2, -0.15) is 5.10 Å². The van der Waals surface area contributed by atoms with Gasteiger partial charge in [-0.1, -0.05) is 0 Å². The number of carbonyl (C=O) groups is 1. The van der Waals surface area contributed by atoms with E-state index in [1.165, 1.54) is 12.1 Å². The second kappa shape index (κ2) is 5.64. The number of rotatable bonds is 4. The van der Waals surface area contributed by atoms with E-state index in [9.17, 15) is 9.90 Å². The van der Waals surface area contributed by atoms with Crippen LogP contribution in [0, 0.1) is 6.92 Å². The second-order valence-electron chi connectivity index (χ2n) is 4.54. The number of phenolic OH excluding ortho intramolecular Hbond substituents is 1. The van der Waals surface area contributed by atoms with E-state index in [0.29, 0.717) is 11.6 Å². The Labute approximate surface area is 117 Å². The van der Waals surface area contributed by atoms with E-state index in [2.05, 4.69) is 10.4 Å². The van der Waals surface area contributed by atoms with Crippen molar-refractivity contribution < 1.29 is 14.6 Å². The summed E-state index contributed by atoms with van der Waals surface area (Å²) in [5, 5.41) is 16.1. The number of carbonyl (C=O) groups excluding carboxylic acids is 1. The standard InChI is InChI=1S/C14H17N3O3/c1-9-8-13(17(3)16-9)15-14(19)10(2)20-12-6-4-11(18)5-7-12/h4-8,10,18H,1-3H3,(H,15,19)/t10-/m1/s1. The van der Waals surface area contributed by atoms with Gasteiger partial charge in [0, 0.05) is 13.1 Å². The zero-order valence-corrected chi connectivity index (χ0v) is 11.6. The molecular weight excluding hydrogens is 258 g/mol. The van der Waals surface area contributed by atoms with E-state index >= 15 is 0 Å². The molecule has 1 amide bonds. The summed E-state index contributed by atoms with van der Waals surface area (Å²) in [7, 11) is 1.76. The van der Waals surface area contributed by atoms with Crippen molar-refractivity contribution in [1.29, 1.82) is 0 Å². The minimum Gasteiger partial charge on any atom is -0.508 e. The van der Waals surface area contributed by atoms with Gasteiger partial charge in [0.2, 0.25) is 0 Å². The summed E-state index contributed by atoms with van der Waals surface area (Å²) in [6.45, 7) is 3.51. The molecule has 0 aliphatic heterocycles. The van der Waals surface area contributed by atoms with E-state index in [-0.39, 0.29) is 11.7 Å². The highest BCUT2D eigenvalue weighted by atomic mass is 16.5. The van der Waals surface area contributed by atoms with Gasteiger partial charge < -0.3 is 15.2 Å². The third-order valence-corrected chi connectivity index (χ3v) is 2.77. The molecule has 106 valence electrons. The maximum Gasteiger partial charge on any atom is 0.266 e. The highest BCUT2D eigenvalue weighted by Gasteiger charge is 2.16. The lowest BCUT2D eigenvalue weighted by molar-refractivity contribution is -0.122. The summed E-state index contributed by atoms with van der Waals surface area (Å²) in [4.78, 5) is 12.0. The molecule has 1 aromatic heterocycles. The van der Waals surface area contributed by atoms with E-state index in [0.717, 1.165) is 5.69 Å². The Morgan fingerprint density at radius 3 is 2.60 bits per heavy atom. The van der Waals surface area contributed by atoms with Crippen LogP contribution < -0.4 is 10.1 Å². The number of anilines is 1. The number of aryl methyl sites for hydroxylation is 2. The molecule has 0 spiro atoms. The topological polar surface area (TPSA) is 76.4 Å². The molecule has 20 heavy (non-hydrogen) atoms. The normalized spacial score (nSPS) is 11.9. The number of benzene rings is 1. The number of aromatic hydroxyl groups is 1. The van der Waals surface area contributed by atoms with Gasteiger partial charge in [-0.15, -0.1) is 0 Å². The van der Waals surface area contributed by atoms with E-state index in [1.807, 2.05) is 6.92 Å². The first-order valence-electron chi connectivity index (χ1n) is 6.23. The van der Waals surface area contributed by atoms with Gasteiger partial charge in [0.05, 0.1) is 5.69 Å². The maximum atomic E-state index is 12.0. The van der Waals surface area contributed by atoms with Crippen molar-refractivity contribution >= 4 is 11.7 Å². The molecule has 0 saturated carbocycles. The molecule has 0 aliphatic rings. The fourth-order valence-corrected chi connectivity index (χ4v) is 1.74. The first-order chi connectivity index (χ1) is 9.45. The summed E-state index contributed by atoms with van der Waals surface area (Å²) in [6.07, 6.45) is -0.658. The third-order valence-electron chi connectivity index (χ3n) is 2.77. The summed E-state index contributed by atoms with van der Waals surface area (Å²) in [5.74, 6) is 1.03. The van der Waals surface area contributed by atoms with Crippen LogP contribution in [0.15, 0.2) is 30.3 Å². The lowest BCUT2D eigenvalue weighted by Gasteiger charge is -2.14. The molecule has 0 aliphatic carbocycles. The number of aromatic nitrogens is 2. The summed E-state index contributed by atoms with van der Waals surface area (Å²) in [5.41, 5.74) is 0.829. The highest BCUT2D eigenvalue weighted by Crippen LogP contribution is 2.17. The predicted molar refractivity (Wildman–Crippen MR) is 74.8 cm³/mol. The number of phenols is 1. The SMILES string of the molecule is Cc1cc(NC(=O)[C@@H](C)Oc2ccc(O)cc2)n(C)n1. The lowest BCUT2D eigenvalue weighted by Crippen LogP contribution is -2.30. The average molecular weight is 275 g/mol. The molecule has 2 N–H and O–H groups in total. The van der Waals surface area contributed by atoms with Crippen LogP contribution in [0.25, 0.3) is 0 Å². The Morgan fingerprint density at radius 2 is 2.05 bits per heavy atom. The Morgan fingerprint density at radius 1 is 1.40 bits per heavy atom. The van der Waals surface area contributed by atoms with Crippen molar-refractivity contribution in [2.75, 3.05) is 5.32 Å². The minimum absolute atomic E-state index is 0.153. The number of amides is 1. The van der Waals surface area contributed by atoms with Gasteiger partial charge >= 0.3 is 0 Å².